The van der Waals surface area contributed by atoms with Gasteiger partial charge in [-0.05, 0) is 31.9 Å². The minimum absolute atomic E-state index is 0.0209. The Labute approximate surface area is 150 Å². The summed E-state index contributed by atoms with van der Waals surface area (Å²) in [4.78, 5) is 44.0. The summed E-state index contributed by atoms with van der Waals surface area (Å²) >= 11 is 0. The van der Waals surface area contributed by atoms with Gasteiger partial charge in [-0.15, -0.1) is 0 Å². The summed E-state index contributed by atoms with van der Waals surface area (Å²) in [5.74, 6) is -1.53. The van der Waals surface area contributed by atoms with Crippen LogP contribution >= 0.6 is 0 Å². The molecule has 1 aromatic heterocycles. The Kier molecular flexibility index (Phi) is 5.21. The number of nitrogens with one attached hydrogen (secondary N) is 2. The molecule has 0 radical (unpaired) electrons. The molecule has 0 atom stereocenters. The van der Waals surface area contributed by atoms with Gasteiger partial charge in [0.25, 0.3) is 11.8 Å². The van der Waals surface area contributed by atoms with Crippen molar-refractivity contribution in [3.63, 3.8) is 0 Å². The molecule has 2 aromatic rings. The van der Waals surface area contributed by atoms with E-state index in [0.29, 0.717) is 16.9 Å². The van der Waals surface area contributed by atoms with Gasteiger partial charge in [-0.25, -0.2) is 9.78 Å². The Balaban J connectivity index is 1.57. The summed E-state index contributed by atoms with van der Waals surface area (Å²) in [7, 11) is 0. The third kappa shape index (κ3) is 4.62. The van der Waals surface area contributed by atoms with Crippen molar-refractivity contribution >= 4 is 23.5 Å². The molecule has 0 unspecified atom stereocenters. The maximum atomic E-state index is 12.2. The van der Waals surface area contributed by atoms with Gasteiger partial charge in [0.05, 0.1) is 23.1 Å². The van der Waals surface area contributed by atoms with Gasteiger partial charge >= 0.3 is 5.97 Å². The number of aromatic nitrogens is 2. The Morgan fingerprint density at radius 3 is 2.62 bits per heavy atom. The Hall–Kier alpha value is -3.29. The normalized spacial score (nSPS) is 13.0. The number of para-hydroxylation sites is 1. The summed E-state index contributed by atoms with van der Waals surface area (Å²) < 4.78 is 4.92. The highest BCUT2D eigenvalue weighted by atomic mass is 16.5. The number of ether oxygens (including phenoxy) is 1. The van der Waals surface area contributed by atoms with Gasteiger partial charge < -0.3 is 15.4 Å². The second kappa shape index (κ2) is 7.73. The number of hydrogen-bond acceptors (Lipinski definition) is 6. The van der Waals surface area contributed by atoms with Crippen LogP contribution in [-0.4, -0.2) is 40.4 Å². The molecular formula is C18H18N4O4. The average Bonchev–Trinajstić information content (AvgIpc) is 3.44. The predicted molar refractivity (Wildman–Crippen MR) is 92.6 cm³/mol. The molecule has 8 nitrogen and oxygen atoms in total. The van der Waals surface area contributed by atoms with E-state index in [2.05, 4.69) is 20.6 Å². The highest BCUT2D eigenvalue weighted by Crippen LogP contribution is 2.21. The number of esters is 1. The number of amides is 2. The number of nitrogens with zero attached hydrogens (tertiary/aromatic N) is 2. The van der Waals surface area contributed by atoms with Gasteiger partial charge in [0.1, 0.15) is 0 Å². The monoisotopic (exact) mass is 354 g/mol. The molecule has 2 N–H and O–H groups in total. The summed E-state index contributed by atoms with van der Waals surface area (Å²) in [5.41, 5.74) is 1.42. The fourth-order valence-electron chi connectivity index (χ4n) is 2.17. The van der Waals surface area contributed by atoms with E-state index in [1.165, 1.54) is 12.4 Å². The number of benzene rings is 1. The molecule has 0 bridgehead atoms. The van der Waals surface area contributed by atoms with Crippen molar-refractivity contribution in [2.45, 2.75) is 25.8 Å². The van der Waals surface area contributed by atoms with E-state index in [-0.39, 0.29) is 17.6 Å². The van der Waals surface area contributed by atoms with E-state index in [1.807, 2.05) is 0 Å². The second-order valence-electron chi connectivity index (χ2n) is 5.96. The lowest BCUT2D eigenvalue weighted by molar-refractivity contribution is -0.119. The SMILES string of the molecule is Cc1cnc(C(=O)OCC(=O)Nc2ccccc2C(=O)NC2CC2)cn1. The van der Waals surface area contributed by atoms with Crippen LogP contribution in [0.25, 0.3) is 0 Å². The van der Waals surface area contributed by atoms with Gasteiger partial charge in [-0.3, -0.25) is 14.6 Å². The second-order valence-corrected chi connectivity index (χ2v) is 5.96. The lowest BCUT2D eigenvalue weighted by atomic mass is 10.1. The zero-order valence-electron chi connectivity index (χ0n) is 14.2. The minimum Gasteiger partial charge on any atom is -0.451 e. The average molecular weight is 354 g/mol. The standard InChI is InChI=1S/C18H18N4O4/c1-11-8-20-15(9-19-11)18(25)26-10-16(23)22-14-5-3-2-4-13(14)17(24)21-12-6-7-12/h2-5,8-9,12H,6-7,10H2,1H3,(H,21,24)(H,22,23). The van der Waals surface area contributed by atoms with E-state index < -0.39 is 18.5 Å². The van der Waals surface area contributed by atoms with Crippen LogP contribution in [0.15, 0.2) is 36.7 Å². The molecule has 0 aliphatic heterocycles. The predicted octanol–water partition coefficient (Wildman–Crippen LogP) is 1.47. The molecule has 0 saturated heterocycles. The third-order valence-electron chi connectivity index (χ3n) is 3.68. The van der Waals surface area contributed by atoms with Crippen LogP contribution < -0.4 is 10.6 Å². The third-order valence-corrected chi connectivity index (χ3v) is 3.68. The fraction of sp³-hybridized carbons (Fsp3) is 0.278. The van der Waals surface area contributed by atoms with E-state index in [0.717, 1.165) is 12.8 Å². The van der Waals surface area contributed by atoms with Crippen molar-refractivity contribution in [2.24, 2.45) is 0 Å². The number of hydrogen-bond donors (Lipinski definition) is 2. The number of carbonyl (C=O) groups excluding carboxylic acids is 3. The molecule has 1 aromatic carbocycles. The van der Waals surface area contributed by atoms with Crippen molar-refractivity contribution in [1.82, 2.24) is 15.3 Å². The number of carbonyl (C=O) groups is 3. The number of aryl methyl sites for hydroxylation is 1. The largest absolute Gasteiger partial charge is 0.451 e. The van der Waals surface area contributed by atoms with Crippen LogP contribution in [0.2, 0.25) is 0 Å². The van der Waals surface area contributed by atoms with Gasteiger partial charge in [0, 0.05) is 12.2 Å². The zero-order chi connectivity index (χ0) is 18.5. The summed E-state index contributed by atoms with van der Waals surface area (Å²) in [5, 5.41) is 5.46. The van der Waals surface area contributed by atoms with Crippen LogP contribution in [0, 0.1) is 6.92 Å². The van der Waals surface area contributed by atoms with Gasteiger partial charge in [0.2, 0.25) is 0 Å². The van der Waals surface area contributed by atoms with E-state index >= 15 is 0 Å². The Morgan fingerprint density at radius 2 is 1.92 bits per heavy atom. The molecule has 1 saturated carbocycles. The maximum Gasteiger partial charge on any atom is 0.359 e. The van der Waals surface area contributed by atoms with Crippen molar-refractivity contribution in [1.29, 1.82) is 0 Å². The molecule has 1 aliphatic carbocycles. The molecule has 3 rings (SSSR count). The van der Waals surface area contributed by atoms with E-state index in [1.54, 1.807) is 31.2 Å². The number of rotatable bonds is 6. The van der Waals surface area contributed by atoms with Gasteiger partial charge in [-0.2, -0.15) is 0 Å². The maximum absolute atomic E-state index is 12.2. The molecular weight excluding hydrogens is 336 g/mol. The first-order valence-corrected chi connectivity index (χ1v) is 8.18. The quantitative estimate of drug-likeness (QED) is 0.760. The van der Waals surface area contributed by atoms with Crippen LogP contribution in [0.5, 0.6) is 0 Å². The molecule has 8 heteroatoms. The molecule has 1 fully saturated rings. The van der Waals surface area contributed by atoms with E-state index in [9.17, 15) is 14.4 Å². The first kappa shape index (κ1) is 17.5. The van der Waals surface area contributed by atoms with Crippen LogP contribution in [0.3, 0.4) is 0 Å². The first-order chi connectivity index (χ1) is 12.5. The van der Waals surface area contributed by atoms with Crippen LogP contribution in [-0.2, 0) is 9.53 Å². The molecule has 26 heavy (non-hydrogen) atoms. The highest BCUT2D eigenvalue weighted by Gasteiger charge is 2.25. The molecule has 2 amide bonds. The van der Waals surface area contributed by atoms with E-state index in [4.69, 9.17) is 4.74 Å². The Morgan fingerprint density at radius 1 is 1.15 bits per heavy atom. The fourth-order valence-corrected chi connectivity index (χ4v) is 2.17. The molecule has 1 heterocycles. The molecule has 134 valence electrons. The van der Waals surface area contributed by atoms with Gasteiger partial charge in [-0.1, -0.05) is 12.1 Å². The summed E-state index contributed by atoms with van der Waals surface area (Å²) in [6.45, 7) is 1.25. The molecule has 0 spiro atoms. The Bertz CT molecular complexity index is 831. The minimum atomic E-state index is -0.743. The lowest BCUT2D eigenvalue weighted by Crippen LogP contribution is -2.28. The number of anilines is 1. The van der Waals surface area contributed by atoms with Crippen LogP contribution in [0.1, 0.15) is 39.4 Å². The smallest absolute Gasteiger partial charge is 0.359 e. The topological polar surface area (TPSA) is 110 Å². The summed E-state index contributed by atoms with van der Waals surface area (Å²) in [6.07, 6.45) is 4.66. The van der Waals surface area contributed by atoms with Crippen molar-refractivity contribution in [2.75, 3.05) is 11.9 Å². The van der Waals surface area contributed by atoms with Crippen molar-refractivity contribution < 1.29 is 19.1 Å². The van der Waals surface area contributed by atoms with Crippen molar-refractivity contribution in [3.8, 4) is 0 Å². The highest BCUT2D eigenvalue weighted by molar-refractivity contribution is 6.04. The van der Waals surface area contributed by atoms with Gasteiger partial charge in [0.15, 0.2) is 12.3 Å². The van der Waals surface area contributed by atoms with Crippen LogP contribution in [0.4, 0.5) is 5.69 Å². The summed E-state index contributed by atoms with van der Waals surface area (Å²) in [6, 6.07) is 6.88. The first-order valence-electron chi connectivity index (χ1n) is 8.18. The molecule has 1 aliphatic rings. The lowest BCUT2D eigenvalue weighted by Gasteiger charge is -2.11. The van der Waals surface area contributed by atoms with Crippen molar-refractivity contribution in [3.05, 3.63) is 53.6 Å². The zero-order valence-corrected chi connectivity index (χ0v) is 14.2.